The molecule has 0 heterocycles. The molecule has 0 aliphatic carbocycles. The molecule has 0 radical (unpaired) electrons. The summed E-state index contributed by atoms with van der Waals surface area (Å²) in [4.78, 5) is 23.6. The fourth-order valence-corrected chi connectivity index (χ4v) is 2.37. The Morgan fingerprint density at radius 1 is 0.909 bits per heavy atom. The van der Waals surface area contributed by atoms with E-state index in [1.54, 1.807) is 7.11 Å². The molecule has 22 heavy (non-hydrogen) atoms. The lowest BCUT2D eigenvalue weighted by Crippen LogP contribution is -2.36. The van der Waals surface area contributed by atoms with Crippen molar-refractivity contribution >= 4 is 5.69 Å². The highest BCUT2D eigenvalue weighted by Crippen LogP contribution is 2.23. The molecule has 0 saturated carbocycles. The molecule has 0 bridgehead atoms. The highest BCUT2D eigenvalue weighted by atomic mass is 16.5. The first-order chi connectivity index (χ1) is 10.7. The van der Waals surface area contributed by atoms with Crippen LogP contribution in [0.25, 0.3) is 11.1 Å². The summed E-state index contributed by atoms with van der Waals surface area (Å²) in [6.07, 6.45) is 0. The molecule has 0 aromatic heterocycles. The molecule has 3 rings (SSSR count). The molecular weight excluding hydrogens is 278 g/mol. The average molecular weight is 293 g/mol. The van der Waals surface area contributed by atoms with Gasteiger partial charge in [0.1, 0.15) is 5.75 Å². The molecule has 0 amide bonds. The molecule has 4 nitrogen and oxygen atoms in total. The highest BCUT2D eigenvalue weighted by molar-refractivity contribution is 5.81. The van der Waals surface area contributed by atoms with E-state index in [0.717, 1.165) is 16.9 Å². The molecule has 0 aliphatic rings. The number of nitrogens with one attached hydrogen (secondary N) is 1. The summed E-state index contributed by atoms with van der Waals surface area (Å²) < 4.78 is 5.10. The van der Waals surface area contributed by atoms with Crippen molar-refractivity contribution in [3.05, 3.63) is 80.6 Å². The smallest absolute Gasteiger partial charge is 0.250 e. The van der Waals surface area contributed by atoms with Crippen molar-refractivity contribution in [1.29, 1.82) is 0 Å². The Bertz CT molecular complexity index is 844. The summed E-state index contributed by atoms with van der Waals surface area (Å²) in [6.45, 7) is 0.481. The summed E-state index contributed by atoms with van der Waals surface area (Å²) in [6, 6.07) is 16.8. The van der Waals surface area contributed by atoms with Gasteiger partial charge in [0.2, 0.25) is 10.9 Å². The first-order valence-electron chi connectivity index (χ1n) is 6.96. The third-order valence-electron chi connectivity index (χ3n) is 3.60. The Labute approximate surface area is 127 Å². The quantitative estimate of drug-likeness (QED) is 0.735. The van der Waals surface area contributed by atoms with E-state index in [2.05, 4.69) is 5.32 Å². The maximum atomic E-state index is 11.8. The SMILES string of the molecule is COc1ccc(CNc2c(-c3ccccc3)c(=O)c2=O)cc1. The Hall–Kier alpha value is -2.88. The predicted octanol–water partition coefficient (Wildman–Crippen LogP) is 2.57. The zero-order valence-electron chi connectivity index (χ0n) is 12.1. The molecule has 1 N–H and O–H groups in total. The molecule has 0 aliphatic heterocycles. The van der Waals surface area contributed by atoms with Crippen LogP contribution in [0.4, 0.5) is 5.69 Å². The number of benzene rings is 2. The first kappa shape index (κ1) is 14.1. The lowest BCUT2D eigenvalue weighted by molar-refractivity contribution is 0.414. The maximum absolute atomic E-state index is 11.8. The number of hydrogen-bond donors (Lipinski definition) is 1. The molecule has 0 unspecified atom stereocenters. The van der Waals surface area contributed by atoms with Gasteiger partial charge in [-0.05, 0) is 23.3 Å². The summed E-state index contributed by atoms with van der Waals surface area (Å²) in [5.41, 5.74) is 1.76. The van der Waals surface area contributed by atoms with Crippen LogP contribution in [0, 0.1) is 0 Å². The van der Waals surface area contributed by atoms with E-state index >= 15 is 0 Å². The standard InChI is InChI=1S/C18H15NO3/c1-22-14-9-7-12(8-10-14)11-19-16-15(17(20)18(16)21)13-5-3-2-4-6-13/h2-10,19H,11H2,1H3. The normalized spacial score (nSPS) is 10.6. The zero-order valence-corrected chi connectivity index (χ0v) is 12.1. The number of methoxy groups -OCH3 is 1. The minimum Gasteiger partial charge on any atom is -0.497 e. The van der Waals surface area contributed by atoms with Gasteiger partial charge >= 0.3 is 0 Å². The number of ether oxygens (including phenoxy) is 1. The third-order valence-corrected chi connectivity index (χ3v) is 3.60. The van der Waals surface area contributed by atoms with Gasteiger partial charge in [0, 0.05) is 6.54 Å². The van der Waals surface area contributed by atoms with Gasteiger partial charge in [-0.15, -0.1) is 0 Å². The van der Waals surface area contributed by atoms with Crippen LogP contribution in [-0.4, -0.2) is 7.11 Å². The Morgan fingerprint density at radius 3 is 2.23 bits per heavy atom. The summed E-state index contributed by atoms with van der Waals surface area (Å²) in [5, 5.41) is 3.07. The van der Waals surface area contributed by atoms with E-state index < -0.39 is 10.9 Å². The first-order valence-corrected chi connectivity index (χ1v) is 6.96. The molecular formula is C18H15NO3. The van der Waals surface area contributed by atoms with E-state index in [4.69, 9.17) is 4.74 Å². The van der Waals surface area contributed by atoms with Crippen LogP contribution < -0.4 is 20.9 Å². The van der Waals surface area contributed by atoms with Crippen molar-refractivity contribution < 1.29 is 4.74 Å². The zero-order chi connectivity index (χ0) is 15.5. The topological polar surface area (TPSA) is 55.4 Å². The summed E-state index contributed by atoms with van der Waals surface area (Å²) in [7, 11) is 1.61. The maximum Gasteiger partial charge on any atom is 0.250 e. The van der Waals surface area contributed by atoms with E-state index in [0.29, 0.717) is 17.8 Å². The van der Waals surface area contributed by atoms with Crippen molar-refractivity contribution in [3.63, 3.8) is 0 Å². The van der Waals surface area contributed by atoms with Gasteiger partial charge in [-0.25, -0.2) is 0 Å². The number of anilines is 1. The lowest BCUT2D eigenvalue weighted by Gasteiger charge is -2.13. The molecule has 0 atom stereocenters. The molecule has 110 valence electrons. The minimum absolute atomic E-state index is 0.395. The molecule has 3 aromatic rings. The second-order valence-electron chi connectivity index (χ2n) is 4.98. The van der Waals surface area contributed by atoms with Crippen molar-refractivity contribution in [2.45, 2.75) is 6.54 Å². The lowest BCUT2D eigenvalue weighted by atomic mass is 9.98. The number of hydrogen-bond acceptors (Lipinski definition) is 4. The number of rotatable bonds is 5. The van der Waals surface area contributed by atoms with Crippen molar-refractivity contribution in [1.82, 2.24) is 0 Å². The van der Waals surface area contributed by atoms with Crippen LogP contribution in [0.5, 0.6) is 5.75 Å². The predicted molar refractivity (Wildman–Crippen MR) is 87.1 cm³/mol. The van der Waals surface area contributed by atoms with E-state index in [-0.39, 0.29) is 0 Å². The second-order valence-corrected chi connectivity index (χ2v) is 4.98. The second kappa shape index (κ2) is 5.85. The molecule has 0 spiro atoms. The fraction of sp³-hybridized carbons (Fsp3) is 0.111. The van der Waals surface area contributed by atoms with Crippen molar-refractivity contribution in [2.75, 3.05) is 12.4 Å². The molecule has 0 fully saturated rings. The van der Waals surface area contributed by atoms with Crippen LogP contribution in [-0.2, 0) is 6.54 Å². The molecule has 4 heteroatoms. The van der Waals surface area contributed by atoms with Gasteiger partial charge in [0.15, 0.2) is 0 Å². The van der Waals surface area contributed by atoms with E-state index in [9.17, 15) is 9.59 Å². The van der Waals surface area contributed by atoms with E-state index in [1.165, 1.54) is 0 Å². The summed E-state index contributed by atoms with van der Waals surface area (Å²) >= 11 is 0. The fourth-order valence-electron chi connectivity index (χ4n) is 2.37. The Kier molecular flexibility index (Phi) is 3.74. The van der Waals surface area contributed by atoms with E-state index in [1.807, 2.05) is 54.6 Å². The van der Waals surface area contributed by atoms with Gasteiger partial charge in [-0.3, -0.25) is 9.59 Å². The monoisotopic (exact) mass is 293 g/mol. The van der Waals surface area contributed by atoms with Crippen molar-refractivity contribution in [3.8, 4) is 16.9 Å². The molecule has 0 saturated heterocycles. The third kappa shape index (κ3) is 2.51. The highest BCUT2D eigenvalue weighted by Gasteiger charge is 2.21. The van der Waals surface area contributed by atoms with Gasteiger partial charge in [-0.1, -0.05) is 42.5 Å². The molecule has 3 aromatic carbocycles. The Balaban J connectivity index is 1.80. The minimum atomic E-state index is -0.452. The van der Waals surface area contributed by atoms with Crippen LogP contribution in [0.1, 0.15) is 5.56 Å². The van der Waals surface area contributed by atoms with Gasteiger partial charge in [-0.2, -0.15) is 0 Å². The van der Waals surface area contributed by atoms with Crippen LogP contribution in [0.3, 0.4) is 0 Å². The van der Waals surface area contributed by atoms with Crippen LogP contribution in [0.2, 0.25) is 0 Å². The van der Waals surface area contributed by atoms with Gasteiger partial charge in [0.25, 0.3) is 0 Å². The van der Waals surface area contributed by atoms with Crippen LogP contribution >= 0.6 is 0 Å². The average Bonchev–Trinajstić information content (AvgIpc) is 2.59. The van der Waals surface area contributed by atoms with Gasteiger partial charge < -0.3 is 10.1 Å². The Morgan fingerprint density at radius 2 is 1.59 bits per heavy atom. The summed E-state index contributed by atoms with van der Waals surface area (Å²) in [5.74, 6) is 0.780. The van der Waals surface area contributed by atoms with Crippen molar-refractivity contribution in [2.24, 2.45) is 0 Å². The van der Waals surface area contributed by atoms with Crippen LogP contribution in [0.15, 0.2) is 64.2 Å². The largest absolute Gasteiger partial charge is 0.497 e. The van der Waals surface area contributed by atoms with Gasteiger partial charge in [0.05, 0.1) is 18.4 Å².